The molecule has 4 aliphatic rings. The lowest BCUT2D eigenvalue weighted by molar-refractivity contribution is -0.159. The van der Waals surface area contributed by atoms with E-state index in [9.17, 15) is 14.7 Å². The number of rotatable bonds is 4. The zero-order valence-electron chi connectivity index (χ0n) is 17.1. The zero-order valence-corrected chi connectivity index (χ0v) is 17.1. The van der Waals surface area contributed by atoms with Gasteiger partial charge in [0.05, 0.1) is 5.41 Å². The number of amides is 1. The Kier molecular flexibility index (Phi) is 4.57. The average Bonchev–Trinajstić information content (AvgIpc) is 3.07. The number of aliphatic carboxylic acids is 1. The lowest BCUT2D eigenvalue weighted by Gasteiger charge is -2.51. The Morgan fingerprint density at radius 1 is 1.07 bits per heavy atom. The largest absolute Gasteiger partial charge is 0.481 e. The quantitative estimate of drug-likeness (QED) is 0.766. The van der Waals surface area contributed by atoms with Gasteiger partial charge in [-0.25, -0.2) is 4.79 Å². The first-order chi connectivity index (χ1) is 14.5. The van der Waals surface area contributed by atoms with Crippen molar-refractivity contribution in [1.29, 1.82) is 0 Å². The summed E-state index contributed by atoms with van der Waals surface area (Å²) >= 11 is 0. The van der Waals surface area contributed by atoms with Crippen LogP contribution in [0.25, 0.3) is 11.1 Å². The van der Waals surface area contributed by atoms with Crippen molar-refractivity contribution in [2.75, 3.05) is 6.61 Å². The van der Waals surface area contributed by atoms with E-state index in [1.807, 2.05) is 31.2 Å². The smallest absolute Gasteiger partial charge is 0.407 e. The fourth-order valence-corrected chi connectivity index (χ4v) is 6.00. The minimum atomic E-state index is -0.711. The minimum absolute atomic E-state index is 0.00632. The van der Waals surface area contributed by atoms with Crippen LogP contribution in [0, 0.1) is 17.3 Å². The second-order valence-corrected chi connectivity index (χ2v) is 9.27. The van der Waals surface area contributed by atoms with Gasteiger partial charge in [0, 0.05) is 12.0 Å². The highest BCUT2D eigenvalue weighted by molar-refractivity contribution is 5.79. The van der Waals surface area contributed by atoms with Crippen LogP contribution >= 0.6 is 0 Å². The van der Waals surface area contributed by atoms with Gasteiger partial charge in [-0.1, -0.05) is 48.5 Å². The molecule has 1 amide bonds. The van der Waals surface area contributed by atoms with E-state index in [-0.39, 0.29) is 23.8 Å². The van der Waals surface area contributed by atoms with Crippen LogP contribution in [0.5, 0.6) is 0 Å². The number of fused-ring (bicyclic) bond motifs is 6. The van der Waals surface area contributed by atoms with Gasteiger partial charge in [0.1, 0.15) is 6.61 Å². The molecule has 0 radical (unpaired) electrons. The summed E-state index contributed by atoms with van der Waals surface area (Å²) in [6.07, 6.45) is 2.85. The van der Waals surface area contributed by atoms with Gasteiger partial charge in [-0.2, -0.15) is 0 Å². The number of hydrogen-bond acceptors (Lipinski definition) is 3. The Bertz CT molecular complexity index is 957. The maximum absolute atomic E-state index is 12.6. The summed E-state index contributed by atoms with van der Waals surface area (Å²) in [5.74, 6) is -0.353. The molecular weight excluding hydrogens is 378 g/mol. The molecule has 2 aromatic rings. The number of carbonyl (C=O) groups is 2. The van der Waals surface area contributed by atoms with Crippen molar-refractivity contribution in [1.82, 2.24) is 5.32 Å². The van der Waals surface area contributed by atoms with Gasteiger partial charge in [-0.05, 0) is 66.7 Å². The second-order valence-electron chi connectivity index (χ2n) is 9.27. The van der Waals surface area contributed by atoms with Crippen LogP contribution in [0.15, 0.2) is 48.5 Å². The van der Waals surface area contributed by atoms with Crippen molar-refractivity contribution in [3.05, 3.63) is 59.7 Å². The normalized spacial score (nSPS) is 29.2. The fourth-order valence-electron chi connectivity index (χ4n) is 6.00. The Hall–Kier alpha value is -2.82. The summed E-state index contributed by atoms with van der Waals surface area (Å²) in [6.45, 7) is 2.16. The predicted octanol–water partition coefficient (Wildman–Crippen LogP) is 4.80. The molecule has 4 atom stereocenters. The molecule has 0 unspecified atom stereocenters. The Balaban J connectivity index is 1.24. The van der Waals surface area contributed by atoms with E-state index in [1.54, 1.807) is 0 Å². The zero-order chi connectivity index (χ0) is 20.9. The van der Waals surface area contributed by atoms with E-state index < -0.39 is 17.5 Å². The van der Waals surface area contributed by atoms with E-state index in [1.165, 1.54) is 22.3 Å². The molecular formula is C25H27NO4. The molecule has 3 fully saturated rings. The van der Waals surface area contributed by atoms with Crippen molar-refractivity contribution < 1.29 is 19.4 Å². The SMILES string of the molecule is C[C@]1(C(=O)O)C[C@@H]2CC[C@H]1C[C@@H]2NC(=O)OCC1c2ccccc2-c2ccccc21. The number of ether oxygens (including phenoxy) is 1. The number of carbonyl (C=O) groups excluding carboxylic acids is 1. The number of carboxylic acid groups (broad SMARTS) is 1. The van der Waals surface area contributed by atoms with Crippen molar-refractivity contribution in [2.45, 2.75) is 44.6 Å². The molecule has 6 rings (SSSR count). The Labute approximate surface area is 176 Å². The maximum Gasteiger partial charge on any atom is 0.407 e. The van der Waals surface area contributed by atoms with Crippen molar-refractivity contribution in [2.24, 2.45) is 17.3 Å². The van der Waals surface area contributed by atoms with Crippen LogP contribution in [0.4, 0.5) is 4.79 Å². The third kappa shape index (κ3) is 2.99. The summed E-state index contributed by atoms with van der Waals surface area (Å²) in [5.41, 5.74) is 4.14. The average molecular weight is 405 g/mol. The van der Waals surface area contributed by atoms with Gasteiger partial charge in [0.15, 0.2) is 0 Å². The van der Waals surface area contributed by atoms with Gasteiger partial charge in [0.2, 0.25) is 0 Å². The molecule has 30 heavy (non-hydrogen) atoms. The summed E-state index contributed by atoms with van der Waals surface area (Å²) in [5, 5.41) is 12.7. The van der Waals surface area contributed by atoms with Crippen LogP contribution in [-0.2, 0) is 9.53 Å². The van der Waals surface area contributed by atoms with Crippen LogP contribution in [0.3, 0.4) is 0 Å². The van der Waals surface area contributed by atoms with Gasteiger partial charge in [-0.15, -0.1) is 0 Å². The van der Waals surface area contributed by atoms with Crippen LogP contribution < -0.4 is 5.32 Å². The van der Waals surface area contributed by atoms with Crippen LogP contribution in [-0.4, -0.2) is 29.8 Å². The first-order valence-corrected chi connectivity index (χ1v) is 10.8. The van der Waals surface area contributed by atoms with Gasteiger partial charge in [0.25, 0.3) is 0 Å². The number of benzene rings is 2. The van der Waals surface area contributed by atoms with E-state index in [0.717, 1.165) is 19.3 Å². The maximum atomic E-state index is 12.6. The Morgan fingerprint density at radius 2 is 1.70 bits per heavy atom. The molecule has 3 saturated carbocycles. The van der Waals surface area contributed by atoms with Crippen molar-refractivity contribution in [3.8, 4) is 11.1 Å². The number of alkyl carbamates (subject to hydrolysis) is 1. The van der Waals surface area contributed by atoms with Crippen molar-refractivity contribution in [3.63, 3.8) is 0 Å². The van der Waals surface area contributed by atoms with Crippen LogP contribution in [0.2, 0.25) is 0 Å². The highest BCUT2D eigenvalue weighted by Gasteiger charge is 2.53. The lowest BCUT2D eigenvalue weighted by Crippen LogP contribution is -2.55. The molecule has 0 saturated heterocycles. The van der Waals surface area contributed by atoms with E-state index in [0.29, 0.717) is 13.0 Å². The molecule has 0 heterocycles. The molecule has 0 aromatic heterocycles. The molecule has 0 spiro atoms. The Morgan fingerprint density at radius 3 is 2.27 bits per heavy atom. The minimum Gasteiger partial charge on any atom is -0.481 e. The van der Waals surface area contributed by atoms with Gasteiger partial charge < -0.3 is 15.2 Å². The third-order valence-corrected chi connectivity index (χ3v) is 7.72. The standard InChI is InChI=1S/C25H27NO4/c1-25(23(27)28)13-15-10-11-16(25)12-22(15)26-24(29)30-14-21-19-8-4-2-6-17(19)18-7-3-5-9-20(18)21/h2-9,15-16,21-22H,10-14H2,1H3,(H,26,29)(H,27,28)/t15-,16-,22-,25-/m0/s1. The van der Waals surface area contributed by atoms with Crippen LogP contribution in [0.1, 0.15) is 49.7 Å². The molecule has 4 aliphatic carbocycles. The first-order valence-electron chi connectivity index (χ1n) is 10.8. The summed E-state index contributed by atoms with van der Waals surface area (Å²) in [6, 6.07) is 16.6. The second kappa shape index (κ2) is 7.15. The van der Waals surface area contributed by atoms with E-state index in [2.05, 4.69) is 29.6 Å². The molecule has 156 valence electrons. The number of carboxylic acids is 1. The molecule has 0 aliphatic heterocycles. The van der Waals surface area contributed by atoms with Gasteiger partial charge >= 0.3 is 12.1 Å². The highest BCUT2D eigenvalue weighted by Crippen LogP contribution is 2.52. The lowest BCUT2D eigenvalue weighted by atomic mass is 9.55. The van der Waals surface area contributed by atoms with E-state index >= 15 is 0 Å². The topological polar surface area (TPSA) is 75.6 Å². The third-order valence-electron chi connectivity index (χ3n) is 7.72. The number of hydrogen-bond donors (Lipinski definition) is 2. The molecule has 2 N–H and O–H groups in total. The molecule has 5 nitrogen and oxygen atoms in total. The summed E-state index contributed by atoms with van der Waals surface area (Å²) in [7, 11) is 0. The predicted molar refractivity (Wildman–Crippen MR) is 113 cm³/mol. The fraction of sp³-hybridized carbons (Fsp3) is 0.440. The molecule has 5 heteroatoms. The first kappa shape index (κ1) is 19.2. The van der Waals surface area contributed by atoms with Crippen molar-refractivity contribution >= 4 is 12.1 Å². The molecule has 2 bridgehead atoms. The summed E-state index contributed by atoms with van der Waals surface area (Å²) in [4.78, 5) is 24.3. The molecule has 2 aromatic carbocycles. The van der Waals surface area contributed by atoms with Gasteiger partial charge in [-0.3, -0.25) is 4.79 Å². The number of nitrogens with one attached hydrogen (secondary N) is 1. The highest BCUT2D eigenvalue weighted by atomic mass is 16.5. The summed E-state index contributed by atoms with van der Waals surface area (Å²) < 4.78 is 5.68. The van der Waals surface area contributed by atoms with E-state index in [4.69, 9.17) is 4.74 Å². The monoisotopic (exact) mass is 405 g/mol.